The maximum Gasteiger partial charge on any atom is 0.258 e. The van der Waals surface area contributed by atoms with Gasteiger partial charge in [-0.15, -0.1) is 10.2 Å². The molecule has 0 aliphatic heterocycles. The van der Waals surface area contributed by atoms with Crippen molar-refractivity contribution >= 4 is 56.5 Å². The molecule has 2 amide bonds. The molecule has 0 bridgehead atoms. The SMILES string of the molecule is O=C(CSc1nnc(NC(=O)c2cccc3ccccc23)s1)Nc1cccc(F)c1. The summed E-state index contributed by atoms with van der Waals surface area (Å²) in [5.74, 6) is -0.899. The number of rotatable bonds is 6. The Balaban J connectivity index is 1.36. The molecule has 4 rings (SSSR count). The Bertz CT molecular complexity index is 1220. The van der Waals surface area contributed by atoms with Crippen LogP contribution in [0.2, 0.25) is 0 Å². The van der Waals surface area contributed by atoms with Crippen molar-refractivity contribution in [3.63, 3.8) is 0 Å². The quantitative estimate of drug-likeness (QED) is 0.333. The highest BCUT2D eigenvalue weighted by molar-refractivity contribution is 8.01. The Morgan fingerprint density at radius 1 is 0.967 bits per heavy atom. The smallest absolute Gasteiger partial charge is 0.258 e. The molecule has 1 aromatic heterocycles. The molecule has 1 heterocycles. The second-order valence-corrected chi connectivity index (χ2v) is 8.40. The van der Waals surface area contributed by atoms with E-state index in [-0.39, 0.29) is 17.6 Å². The van der Waals surface area contributed by atoms with E-state index in [0.29, 0.717) is 20.7 Å². The molecule has 0 unspecified atom stereocenters. The summed E-state index contributed by atoms with van der Waals surface area (Å²) in [6.07, 6.45) is 0. The van der Waals surface area contributed by atoms with Gasteiger partial charge >= 0.3 is 0 Å². The lowest BCUT2D eigenvalue weighted by Crippen LogP contribution is -2.13. The van der Waals surface area contributed by atoms with Crippen molar-refractivity contribution < 1.29 is 14.0 Å². The summed E-state index contributed by atoms with van der Waals surface area (Å²) in [4.78, 5) is 24.7. The van der Waals surface area contributed by atoms with Crippen molar-refractivity contribution in [1.82, 2.24) is 10.2 Å². The standard InChI is InChI=1S/C21H15FN4O2S2/c22-14-7-4-8-15(11-14)23-18(27)12-29-21-26-25-20(30-21)24-19(28)17-10-3-6-13-5-1-2-9-16(13)17/h1-11H,12H2,(H,23,27)(H,24,25,28). The zero-order valence-corrected chi connectivity index (χ0v) is 17.1. The topological polar surface area (TPSA) is 84.0 Å². The van der Waals surface area contributed by atoms with Gasteiger partial charge in [0.1, 0.15) is 5.82 Å². The number of aromatic nitrogens is 2. The second kappa shape index (κ2) is 9.02. The average molecular weight is 439 g/mol. The van der Waals surface area contributed by atoms with Crippen LogP contribution in [0, 0.1) is 5.82 Å². The van der Waals surface area contributed by atoms with E-state index in [1.54, 1.807) is 12.1 Å². The molecular weight excluding hydrogens is 423 g/mol. The first kappa shape index (κ1) is 20.0. The molecule has 30 heavy (non-hydrogen) atoms. The molecule has 0 saturated heterocycles. The highest BCUT2D eigenvalue weighted by Crippen LogP contribution is 2.27. The van der Waals surface area contributed by atoms with Crippen molar-refractivity contribution in [3.8, 4) is 0 Å². The first-order valence-electron chi connectivity index (χ1n) is 8.89. The van der Waals surface area contributed by atoms with E-state index in [9.17, 15) is 14.0 Å². The average Bonchev–Trinajstić information content (AvgIpc) is 3.19. The minimum atomic E-state index is -0.420. The predicted octanol–water partition coefficient (Wildman–Crippen LogP) is 4.81. The zero-order valence-electron chi connectivity index (χ0n) is 15.5. The predicted molar refractivity (Wildman–Crippen MR) is 118 cm³/mol. The molecule has 4 aromatic rings. The summed E-state index contributed by atoms with van der Waals surface area (Å²) in [6, 6.07) is 18.8. The minimum absolute atomic E-state index is 0.0857. The van der Waals surface area contributed by atoms with Crippen LogP contribution in [-0.4, -0.2) is 27.8 Å². The Hall–Kier alpha value is -3.30. The van der Waals surface area contributed by atoms with Crippen LogP contribution in [0.25, 0.3) is 10.8 Å². The fourth-order valence-electron chi connectivity index (χ4n) is 2.80. The number of hydrogen-bond donors (Lipinski definition) is 2. The zero-order chi connectivity index (χ0) is 20.9. The highest BCUT2D eigenvalue weighted by Gasteiger charge is 2.14. The second-order valence-electron chi connectivity index (χ2n) is 6.20. The molecular formula is C21H15FN4O2S2. The van der Waals surface area contributed by atoms with E-state index in [1.807, 2.05) is 36.4 Å². The lowest BCUT2D eigenvalue weighted by atomic mass is 10.0. The molecule has 6 nitrogen and oxygen atoms in total. The van der Waals surface area contributed by atoms with E-state index in [0.717, 1.165) is 10.8 Å². The van der Waals surface area contributed by atoms with Gasteiger partial charge in [0.2, 0.25) is 11.0 Å². The van der Waals surface area contributed by atoms with Gasteiger partial charge in [0.25, 0.3) is 5.91 Å². The number of halogens is 1. The van der Waals surface area contributed by atoms with Crippen LogP contribution in [-0.2, 0) is 4.79 Å². The molecule has 0 radical (unpaired) electrons. The molecule has 0 aliphatic rings. The largest absolute Gasteiger partial charge is 0.325 e. The third kappa shape index (κ3) is 4.81. The number of thioether (sulfide) groups is 1. The van der Waals surface area contributed by atoms with E-state index in [4.69, 9.17) is 0 Å². The van der Waals surface area contributed by atoms with E-state index < -0.39 is 5.82 Å². The summed E-state index contributed by atoms with van der Waals surface area (Å²) in [6.45, 7) is 0. The molecule has 3 aromatic carbocycles. The van der Waals surface area contributed by atoms with Gasteiger partial charge in [-0.25, -0.2) is 4.39 Å². The summed E-state index contributed by atoms with van der Waals surface area (Å²) in [7, 11) is 0. The number of carbonyl (C=O) groups excluding carboxylic acids is 2. The van der Waals surface area contributed by atoms with Gasteiger partial charge < -0.3 is 5.32 Å². The monoisotopic (exact) mass is 438 g/mol. The van der Waals surface area contributed by atoms with Crippen molar-refractivity contribution in [3.05, 3.63) is 78.1 Å². The molecule has 2 N–H and O–H groups in total. The fraction of sp³-hybridized carbons (Fsp3) is 0.0476. The Labute approximate surface area is 179 Å². The Morgan fingerprint density at radius 2 is 1.77 bits per heavy atom. The van der Waals surface area contributed by atoms with Crippen molar-refractivity contribution in [2.24, 2.45) is 0 Å². The number of nitrogens with zero attached hydrogens (tertiary/aromatic N) is 2. The van der Waals surface area contributed by atoms with Crippen LogP contribution in [0.3, 0.4) is 0 Å². The number of amides is 2. The van der Waals surface area contributed by atoms with Crippen molar-refractivity contribution in [2.45, 2.75) is 4.34 Å². The van der Waals surface area contributed by atoms with Gasteiger partial charge in [-0.1, -0.05) is 65.6 Å². The van der Waals surface area contributed by atoms with Gasteiger partial charge in [-0.2, -0.15) is 0 Å². The van der Waals surface area contributed by atoms with Crippen LogP contribution in [0.5, 0.6) is 0 Å². The molecule has 150 valence electrons. The first-order valence-corrected chi connectivity index (χ1v) is 10.7. The van der Waals surface area contributed by atoms with Gasteiger partial charge in [0.15, 0.2) is 4.34 Å². The summed E-state index contributed by atoms with van der Waals surface area (Å²) < 4.78 is 13.7. The molecule has 0 spiro atoms. The summed E-state index contributed by atoms with van der Waals surface area (Å²) in [5.41, 5.74) is 0.938. The van der Waals surface area contributed by atoms with Gasteiger partial charge in [-0.3, -0.25) is 14.9 Å². The molecule has 0 saturated carbocycles. The first-order chi connectivity index (χ1) is 14.6. The summed E-state index contributed by atoms with van der Waals surface area (Å²) >= 11 is 2.37. The van der Waals surface area contributed by atoms with Gasteiger partial charge in [0.05, 0.1) is 5.75 Å². The van der Waals surface area contributed by atoms with Gasteiger partial charge in [0, 0.05) is 11.3 Å². The van der Waals surface area contributed by atoms with Crippen LogP contribution < -0.4 is 10.6 Å². The van der Waals surface area contributed by atoms with Crippen LogP contribution in [0.15, 0.2) is 71.1 Å². The normalized spacial score (nSPS) is 10.7. The van der Waals surface area contributed by atoms with E-state index in [1.165, 1.54) is 41.3 Å². The maximum absolute atomic E-state index is 13.2. The van der Waals surface area contributed by atoms with Crippen LogP contribution in [0.4, 0.5) is 15.2 Å². The molecule has 0 atom stereocenters. The summed E-state index contributed by atoms with van der Waals surface area (Å²) in [5, 5.41) is 15.5. The van der Waals surface area contributed by atoms with Crippen molar-refractivity contribution in [2.75, 3.05) is 16.4 Å². The molecule has 0 aliphatic carbocycles. The van der Waals surface area contributed by atoms with Crippen LogP contribution in [0.1, 0.15) is 10.4 Å². The Kier molecular flexibility index (Phi) is 6.01. The fourth-order valence-corrected chi connectivity index (χ4v) is 4.34. The highest BCUT2D eigenvalue weighted by atomic mass is 32.2. The number of carbonyl (C=O) groups is 2. The number of hydrogen-bond acceptors (Lipinski definition) is 6. The lowest BCUT2D eigenvalue weighted by Gasteiger charge is -2.05. The maximum atomic E-state index is 13.2. The minimum Gasteiger partial charge on any atom is -0.325 e. The number of benzene rings is 3. The lowest BCUT2D eigenvalue weighted by molar-refractivity contribution is -0.113. The van der Waals surface area contributed by atoms with Crippen molar-refractivity contribution in [1.29, 1.82) is 0 Å². The third-order valence-electron chi connectivity index (χ3n) is 4.10. The Morgan fingerprint density at radius 3 is 2.63 bits per heavy atom. The van der Waals surface area contributed by atoms with Crippen LogP contribution >= 0.6 is 23.1 Å². The molecule has 9 heteroatoms. The van der Waals surface area contributed by atoms with E-state index >= 15 is 0 Å². The number of nitrogens with one attached hydrogen (secondary N) is 2. The number of anilines is 2. The number of fused-ring (bicyclic) bond motifs is 1. The van der Waals surface area contributed by atoms with E-state index in [2.05, 4.69) is 20.8 Å². The third-order valence-corrected chi connectivity index (χ3v) is 6.07. The molecule has 0 fully saturated rings. The van der Waals surface area contributed by atoms with Gasteiger partial charge in [-0.05, 0) is 35.0 Å².